The zero-order valence-corrected chi connectivity index (χ0v) is 18.3. The average Bonchev–Trinajstić information content (AvgIpc) is 2.74. The molecule has 0 spiro atoms. The second kappa shape index (κ2) is 9.53. The van der Waals surface area contributed by atoms with Crippen LogP contribution in [0.1, 0.15) is 43.5 Å². The van der Waals surface area contributed by atoms with E-state index in [4.69, 9.17) is 15.3 Å². The molecule has 160 valence electrons. The number of hydrogen-bond donors (Lipinski definition) is 0. The van der Waals surface area contributed by atoms with Crippen LogP contribution in [-0.2, 0) is 17.6 Å². The molecule has 1 aliphatic heterocycles. The van der Waals surface area contributed by atoms with E-state index in [-0.39, 0.29) is 12.1 Å². The Hall–Kier alpha value is -3.51. The summed E-state index contributed by atoms with van der Waals surface area (Å²) in [7, 11) is 0. The van der Waals surface area contributed by atoms with Crippen LogP contribution in [-0.4, -0.2) is 36.2 Å². The van der Waals surface area contributed by atoms with E-state index in [0.29, 0.717) is 32.5 Å². The highest BCUT2D eigenvalue weighted by atomic mass is 16.6. The summed E-state index contributed by atoms with van der Waals surface area (Å²) in [4.78, 5) is 16.8. The summed E-state index contributed by atoms with van der Waals surface area (Å²) >= 11 is 0. The average molecular weight is 417 g/mol. The van der Waals surface area contributed by atoms with Gasteiger partial charge in [0.15, 0.2) is 0 Å². The van der Waals surface area contributed by atoms with E-state index in [1.807, 2.05) is 69.3 Å². The minimum atomic E-state index is -0.542. The van der Waals surface area contributed by atoms with E-state index in [2.05, 4.69) is 17.0 Å². The molecule has 1 atom stereocenters. The van der Waals surface area contributed by atoms with Crippen LogP contribution in [0.3, 0.4) is 0 Å². The second-order valence-corrected chi connectivity index (χ2v) is 8.71. The Balaban J connectivity index is 1.88. The molecular formula is C25H28N4O2. The van der Waals surface area contributed by atoms with Crippen molar-refractivity contribution in [1.82, 2.24) is 4.90 Å². The molecule has 6 nitrogen and oxygen atoms in total. The Kier molecular flexibility index (Phi) is 6.82. The van der Waals surface area contributed by atoms with E-state index in [0.717, 1.165) is 22.4 Å². The van der Waals surface area contributed by atoms with Crippen molar-refractivity contribution in [2.75, 3.05) is 24.5 Å². The van der Waals surface area contributed by atoms with Crippen molar-refractivity contribution in [3.63, 3.8) is 0 Å². The predicted molar refractivity (Wildman–Crippen MR) is 119 cm³/mol. The Labute approximate surface area is 184 Å². The lowest BCUT2D eigenvalue weighted by atomic mass is 9.99. The number of carbonyl (C=O) groups excluding carboxylic acids is 1. The Bertz CT molecular complexity index is 979. The van der Waals surface area contributed by atoms with Crippen LogP contribution in [0.4, 0.5) is 10.5 Å². The van der Waals surface area contributed by atoms with Crippen LogP contribution in [0.15, 0.2) is 48.5 Å². The van der Waals surface area contributed by atoms with Gasteiger partial charge in [0, 0.05) is 25.3 Å². The van der Waals surface area contributed by atoms with Gasteiger partial charge < -0.3 is 14.5 Å². The molecule has 1 unspecified atom stereocenters. The first-order valence-electron chi connectivity index (χ1n) is 10.5. The lowest BCUT2D eigenvalue weighted by Crippen LogP contribution is -2.51. The third kappa shape index (κ3) is 5.77. The molecule has 0 N–H and O–H groups in total. The minimum absolute atomic E-state index is 0.0424. The van der Waals surface area contributed by atoms with Crippen LogP contribution in [0, 0.1) is 22.7 Å². The van der Waals surface area contributed by atoms with Crippen molar-refractivity contribution in [2.45, 2.75) is 45.3 Å². The van der Waals surface area contributed by atoms with Crippen molar-refractivity contribution >= 4 is 11.8 Å². The monoisotopic (exact) mass is 416 g/mol. The van der Waals surface area contributed by atoms with Crippen molar-refractivity contribution in [3.05, 3.63) is 65.2 Å². The zero-order valence-electron chi connectivity index (χ0n) is 18.3. The van der Waals surface area contributed by atoms with E-state index >= 15 is 0 Å². The normalized spacial score (nSPS) is 16.4. The maximum atomic E-state index is 12.7. The third-order valence-corrected chi connectivity index (χ3v) is 5.23. The first kappa shape index (κ1) is 22.2. The summed E-state index contributed by atoms with van der Waals surface area (Å²) in [6.07, 6.45) is 0.456. The Morgan fingerprint density at radius 3 is 2.03 bits per heavy atom. The lowest BCUT2D eigenvalue weighted by molar-refractivity contribution is 0.0214. The summed E-state index contributed by atoms with van der Waals surface area (Å²) in [6, 6.07) is 20.3. The lowest BCUT2D eigenvalue weighted by Gasteiger charge is -2.43. The van der Waals surface area contributed by atoms with Gasteiger partial charge in [-0.05, 0) is 49.6 Å². The molecule has 0 aromatic heterocycles. The molecule has 1 amide bonds. The zero-order chi connectivity index (χ0) is 22.4. The Morgan fingerprint density at radius 2 is 1.52 bits per heavy atom. The Morgan fingerprint density at radius 1 is 0.968 bits per heavy atom. The maximum Gasteiger partial charge on any atom is 0.410 e. The number of piperazine rings is 1. The first-order valence-corrected chi connectivity index (χ1v) is 10.5. The largest absolute Gasteiger partial charge is 0.444 e. The van der Waals surface area contributed by atoms with E-state index < -0.39 is 5.60 Å². The number of benzene rings is 2. The van der Waals surface area contributed by atoms with Crippen LogP contribution < -0.4 is 4.90 Å². The minimum Gasteiger partial charge on any atom is -0.444 e. The third-order valence-electron chi connectivity index (χ3n) is 5.23. The fraction of sp³-hybridized carbons (Fsp3) is 0.400. The highest BCUT2D eigenvalue weighted by Gasteiger charge is 2.33. The first-order chi connectivity index (χ1) is 14.8. The number of rotatable bonds is 4. The van der Waals surface area contributed by atoms with Gasteiger partial charge in [0.1, 0.15) is 5.60 Å². The van der Waals surface area contributed by atoms with Crippen molar-refractivity contribution in [1.29, 1.82) is 10.5 Å². The number of amides is 1. The van der Waals surface area contributed by atoms with Crippen molar-refractivity contribution in [2.24, 2.45) is 0 Å². The summed E-state index contributed by atoms with van der Waals surface area (Å²) < 4.78 is 5.60. The van der Waals surface area contributed by atoms with Gasteiger partial charge in [0.05, 0.1) is 31.0 Å². The number of ether oxygens (including phenoxy) is 1. The molecule has 1 fully saturated rings. The van der Waals surface area contributed by atoms with E-state index in [9.17, 15) is 4.79 Å². The van der Waals surface area contributed by atoms with Gasteiger partial charge in [-0.15, -0.1) is 0 Å². The van der Waals surface area contributed by atoms with Crippen LogP contribution in [0.5, 0.6) is 0 Å². The molecule has 0 aliphatic carbocycles. The number of nitrogens with zero attached hydrogens (tertiary/aromatic N) is 4. The fourth-order valence-electron chi connectivity index (χ4n) is 3.72. The molecule has 0 radical (unpaired) electrons. The summed E-state index contributed by atoms with van der Waals surface area (Å²) in [5, 5.41) is 17.9. The molecular weight excluding hydrogens is 388 g/mol. The molecule has 31 heavy (non-hydrogen) atoms. The molecule has 2 aromatic carbocycles. The molecule has 0 bridgehead atoms. The smallest absolute Gasteiger partial charge is 0.410 e. The van der Waals surface area contributed by atoms with Gasteiger partial charge in [0.25, 0.3) is 0 Å². The van der Waals surface area contributed by atoms with Crippen LogP contribution in [0.2, 0.25) is 0 Å². The fourth-order valence-corrected chi connectivity index (χ4v) is 3.72. The number of hydrogen-bond acceptors (Lipinski definition) is 5. The van der Waals surface area contributed by atoms with Crippen LogP contribution >= 0.6 is 0 Å². The molecule has 0 saturated carbocycles. The molecule has 1 saturated heterocycles. The molecule has 1 heterocycles. The quantitative estimate of drug-likeness (QED) is 0.727. The topological polar surface area (TPSA) is 80.4 Å². The summed E-state index contributed by atoms with van der Waals surface area (Å²) in [6.45, 7) is 7.35. The SMILES string of the molecule is CC(C)(C)OC(=O)N1CCN(c2ccc(CC#N)cc2)C(c2ccc(CC#N)cc2)C1. The van der Waals surface area contributed by atoms with Gasteiger partial charge in [0.2, 0.25) is 0 Å². The number of carbonyl (C=O) groups is 1. The predicted octanol–water partition coefficient (Wildman–Crippen LogP) is 4.62. The summed E-state index contributed by atoms with van der Waals surface area (Å²) in [5.41, 5.74) is 3.54. The molecule has 3 rings (SSSR count). The van der Waals surface area contributed by atoms with E-state index in [1.165, 1.54) is 0 Å². The highest BCUT2D eigenvalue weighted by molar-refractivity contribution is 5.69. The van der Waals surface area contributed by atoms with Gasteiger partial charge in [-0.25, -0.2) is 4.79 Å². The number of anilines is 1. The standard InChI is InChI=1S/C25H28N4O2/c1-25(2,3)31-24(30)28-16-17-29(22-10-6-20(7-11-22)13-15-27)23(18-28)21-8-4-19(5-9-21)12-14-26/h4-11,23H,12-13,16-18H2,1-3H3. The van der Waals surface area contributed by atoms with Gasteiger partial charge in [-0.3, -0.25) is 0 Å². The molecule has 2 aromatic rings. The van der Waals surface area contributed by atoms with Crippen LogP contribution in [0.25, 0.3) is 0 Å². The highest BCUT2D eigenvalue weighted by Crippen LogP contribution is 2.32. The summed E-state index contributed by atoms with van der Waals surface area (Å²) in [5.74, 6) is 0. The number of nitriles is 2. The molecule has 1 aliphatic rings. The van der Waals surface area contributed by atoms with Gasteiger partial charge >= 0.3 is 6.09 Å². The van der Waals surface area contributed by atoms with E-state index in [1.54, 1.807) is 4.90 Å². The van der Waals surface area contributed by atoms with Crippen molar-refractivity contribution in [3.8, 4) is 12.1 Å². The van der Waals surface area contributed by atoms with Gasteiger partial charge in [-0.2, -0.15) is 10.5 Å². The van der Waals surface area contributed by atoms with Crippen molar-refractivity contribution < 1.29 is 9.53 Å². The van der Waals surface area contributed by atoms with Gasteiger partial charge in [-0.1, -0.05) is 36.4 Å². The maximum absolute atomic E-state index is 12.7. The second-order valence-electron chi connectivity index (χ2n) is 8.71. The molecule has 6 heteroatoms.